The maximum absolute atomic E-state index is 13.4. The maximum Gasteiger partial charge on any atom is 0.283 e. The summed E-state index contributed by atoms with van der Waals surface area (Å²) >= 11 is 1.27. The summed E-state index contributed by atoms with van der Waals surface area (Å²) in [5.41, 5.74) is 5.41. The Kier molecular flexibility index (Phi) is 5.46. The summed E-state index contributed by atoms with van der Waals surface area (Å²) in [6, 6.07) is 15.4. The number of fused-ring (bicyclic) bond motifs is 2. The number of nitrogens with one attached hydrogen (secondary N) is 1. The van der Waals surface area contributed by atoms with Crippen molar-refractivity contribution < 1.29 is 9.53 Å². The van der Waals surface area contributed by atoms with Crippen LogP contribution in [0.5, 0.6) is 5.75 Å². The van der Waals surface area contributed by atoms with Gasteiger partial charge in [0.2, 0.25) is 5.91 Å². The van der Waals surface area contributed by atoms with Gasteiger partial charge >= 0.3 is 0 Å². The molecule has 1 N–H and O–H groups in total. The molecule has 4 aromatic rings. The zero-order valence-corrected chi connectivity index (χ0v) is 19.5. The van der Waals surface area contributed by atoms with Crippen LogP contribution in [0.1, 0.15) is 16.8 Å². The third kappa shape index (κ3) is 4.02. The third-order valence-electron chi connectivity index (χ3n) is 5.65. The molecule has 0 unspecified atom stereocenters. The fourth-order valence-electron chi connectivity index (χ4n) is 3.99. The molecule has 3 heterocycles. The molecule has 168 valence electrons. The number of benzene rings is 2. The lowest BCUT2D eigenvalue weighted by atomic mass is 10.1. The Balaban J connectivity index is 1.50. The molecule has 0 spiro atoms. The van der Waals surface area contributed by atoms with Crippen molar-refractivity contribution in [2.75, 3.05) is 23.8 Å². The highest BCUT2D eigenvalue weighted by atomic mass is 32.2. The van der Waals surface area contributed by atoms with Crippen LogP contribution in [0.15, 0.2) is 58.5 Å². The monoisotopic (exact) mass is 460 g/mol. The summed E-state index contributed by atoms with van der Waals surface area (Å²) in [4.78, 5) is 36.2. The lowest BCUT2D eigenvalue weighted by molar-refractivity contribution is -0.116. The van der Waals surface area contributed by atoms with Crippen molar-refractivity contribution in [2.45, 2.75) is 25.9 Å². The summed E-state index contributed by atoms with van der Waals surface area (Å²) in [6.07, 6.45) is 0. The standard InChI is InChI=1S/C25H24N4O3S/c1-15-4-7-18(8-5-15)29-24(31)23-19(13-17(3)26-23)27-25(29)33-14-22(30)28-10-11-32-21-9-6-16(2)12-20(21)28/h4-9,12-13,26H,10-11,14H2,1-3H3. The van der Waals surface area contributed by atoms with E-state index in [1.54, 1.807) is 9.47 Å². The summed E-state index contributed by atoms with van der Waals surface area (Å²) in [5, 5.41) is 0.487. The summed E-state index contributed by atoms with van der Waals surface area (Å²) < 4.78 is 7.29. The van der Waals surface area contributed by atoms with E-state index >= 15 is 0 Å². The quantitative estimate of drug-likeness (QED) is 0.365. The fourth-order valence-corrected chi connectivity index (χ4v) is 4.88. The van der Waals surface area contributed by atoms with Gasteiger partial charge in [-0.05, 0) is 56.7 Å². The fraction of sp³-hybridized carbons (Fsp3) is 0.240. The minimum atomic E-state index is -0.181. The van der Waals surface area contributed by atoms with E-state index in [-0.39, 0.29) is 17.2 Å². The zero-order chi connectivity index (χ0) is 23.1. The van der Waals surface area contributed by atoms with Gasteiger partial charge in [-0.25, -0.2) is 4.98 Å². The number of aryl methyl sites for hydroxylation is 3. The number of carbonyl (C=O) groups excluding carboxylic acids is 1. The molecule has 0 fully saturated rings. The van der Waals surface area contributed by atoms with Crippen LogP contribution in [0.4, 0.5) is 5.69 Å². The first-order chi connectivity index (χ1) is 15.9. The molecular formula is C25H24N4O3S. The number of amides is 1. The second-order valence-corrected chi connectivity index (χ2v) is 9.18. The molecule has 1 amide bonds. The molecule has 0 saturated heterocycles. The predicted molar refractivity (Wildman–Crippen MR) is 131 cm³/mol. The zero-order valence-electron chi connectivity index (χ0n) is 18.7. The van der Waals surface area contributed by atoms with Gasteiger partial charge in [0.1, 0.15) is 17.9 Å². The SMILES string of the molecule is Cc1ccc(-n2c(SCC(=O)N3CCOc4ccc(C)cc43)nc3cc(C)[nH]c3c2=O)cc1. The van der Waals surface area contributed by atoms with E-state index in [0.29, 0.717) is 35.1 Å². The van der Waals surface area contributed by atoms with Crippen LogP contribution in [0.2, 0.25) is 0 Å². The van der Waals surface area contributed by atoms with Gasteiger partial charge in [0, 0.05) is 5.69 Å². The molecule has 1 aliphatic rings. The average molecular weight is 461 g/mol. The van der Waals surface area contributed by atoms with Gasteiger partial charge in [-0.2, -0.15) is 0 Å². The normalized spacial score (nSPS) is 13.1. The largest absolute Gasteiger partial charge is 0.490 e. The molecule has 1 aliphatic heterocycles. The van der Waals surface area contributed by atoms with Crippen LogP contribution in [0, 0.1) is 20.8 Å². The Bertz CT molecular complexity index is 1420. The van der Waals surface area contributed by atoms with Gasteiger partial charge < -0.3 is 14.6 Å². The molecule has 0 atom stereocenters. The predicted octanol–water partition coefficient (Wildman–Crippen LogP) is 4.16. The number of carbonyl (C=O) groups is 1. The van der Waals surface area contributed by atoms with Gasteiger partial charge in [0.05, 0.1) is 29.2 Å². The molecule has 0 aliphatic carbocycles. The van der Waals surface area contributed by atoms with Crippen LogP contribution in [-0.2, 0) is 4.79 Å². The van der Waals surface area contributed by atoms with Gasteiger partial charge in [-0.3, -0.25) is 14.2 Å². The van der Waals surface area contributed by atoms with E-state index < -0.39 is 0 Å². The first kappa shape index (κ1) is 21.3. The number of nitrogens with zero attached hydrogens (tertiary/aromatic N) is 3. The molecule has 7 nitrogen and oxygen atoms in total. The average Bonchev–Trinajstić information content (AvgIpc) is 3.18. The number of aromatic amines is 1. The number of anilines is 1. The number of thioether (sulfide) groups is 1. The van der Waals surface area contributed by atoms with E-state index in [1.807, 2.05) is 69.3 Å². The van der Waals surface area contributed by atoms with Crippen LogP contribution in [0.3, 0.4) is 0 Å². The minimum Gasteiger partial charge on any atom is -0.490 e. The Morgan fingerprint density at radius 2 is 1.85 bits per heavy atom. The number of aromatic nitrogens is 3. The molecule has 0 bridgehead atoms. The Morgan fingerprint density at radius 1 is 1.09 bits per heavy atom. The van der Waals surface area contributed by atoms with Crippen molar-refractivity contribution in [3.63, 3.8) is 0 Å². The van der Waals surface area contributed by atoms with E-state index in [0.717, 1.165) is 28.2 Å². The number of ether oxygens (including phenoxy) is 1. The number of hydrogen-bond donors (Lipinski definition) is 1. The van der Waals surface area contributed by atoms with Crippen molar-refractivity contribution in [1.29, 1.82) is 0 Å². The number of hydrogen-bond acceptors (Lipinski definition) is 5. The maximum atomic E-state index is 13.4. The second-order valence-electron chi connectivity index (χ2n) is 8.24. The molecular weight excluding hydrogens is 436 g/mol. The lowest BCUT2D eigenvalue weighted by Gasteiger charge is -2.29. The van der Waals surface area contributed by atoms with E-state index in [2.05, 4.69) is 4.98 Å². The highest BCUT2D eigenvalue weighted by Crippen LogP contribution is 2.33. The Labute approximate surface area is 195 Å². The summed E-state index contributed by atoms with van der Waals surface area (Å²) in [7, 11) is 0. The Hall–Kier alpha value is -3.52. The van der Waals surface area contributed by atoms with Gasteiger partial charge in [-0.1, -0.05) is 35.5 Å². The summed E-state index contributed by atoms with van der Waals surface area (Å²) in [6.45, 7) is 6.83. The molecule has 2 aromatic carbocycles. The topological polar surface area (TPSA) is 80.2 Å². The van der Waals surface area contributed by atoms with Crippen LogP contribution < -0.4 is 15.2 Å². The summed E-state index contributed by atoms with van der Waals surface area (Å²) in [5.74, 6) is 0.815. The number of rotatable bonds is 4. The molecule has 2 aromatic heterocycles. The van der Waals surface area contributed by atoms with Crippen LogP contribution in [-0.4, -0.2) is 39.3 Å². The minimum absolute atomic E-state index is 0.0507. The smallest absolute Gasteiger partial charge is 0.283 e. The van der Waals surface area contributed by atoms with Crippen LogP contribution in [0.25, 0.3) is 16.7 Å². The highest BCUT2D eigenvalue weighted by molar-refractivity contribution is 7.99. The molecule has 8 heteroatoms. The van der Waals surface area contributed by atoms with Crippen molar-refractivity contribution in [3.8, 4) is 11.4 Å². The van der Waals surface area contributed by atoms with E-state index in [9.17, 15) is 9.59 Å². The highest BCUT2D eigenvalue weighted by Gasteiger charge is 2.25. The third-order valence-corrected chi connectivity index (χ3v) is 6.57. The molecule has 0 saturated carbocycles. The lowest BCUT2D eigenvalue weighted by Crippen LogP contribution is -2.39. The van der Waals surface area contributed by atoms with Gasteiger partial charge in [0.15, 0.2) is 5.16 Å². The van der Waals surface area contributed by atoms with Crippen molar-refractivity contribution in [1.82, 2.24) is 14.5 Å². The van der Waals surface area contributed by atoms with Gasteiger partial charge in [0.25, 0.3) is 5.56 Å². The molecule has 33 heavy (non-hydrogen) atoms. The van der Waals surface area contributed by atoms with E-state index in [4.69, 9.17) is 9.72 Å². The van der Waals surface area contributed by atoms with Crippen molar-refractivity contribution in [3.05, 3.63) is 75.7 Å². The van der Waals surface area contributed by atoms with E-state index in [1.165, 1.54) is 11.8 Å². The molecule has 0 radical (unpaired) electrons. The number of H-pyrrole nitrogens is 1. The first-order valence-electron chi connectivity index (χ1n) is 10.8. The van der Waals surface area contributed by atoms with Crippen molar-refractivity contribution >= 4 is 34.4 Å². The van der Waals surface area contributed by atoms with Crippen molar-refractivity contribution in [2.24, 2.45) is 0 Å². The second kappa shape index (κ2) is 8.44. The first-order valence-corrected chi connectivity index (χ1v) is 11.8. The van der Waals surface area contributed by atoms with Gasteiger partial charge in [-0.15, -0.1) is 0 Å². The molecule has 5 rings (SSSR count). The van der Waals surface area contributed by atoms with Crippen LogP contribution >= 0.6 is 11.8 Å². The Morgan fingerprint density at radius 3 is 2.64 bits per heavy atom.